The second-order valence-electron chi connectivity index (χ2n) is 3.88. The van der Waals surface area contributed by atoms with Crippen molar-refractivity contribution in [2.45, 2.75) is 0 Å². The predicted molar refractivity (Wildman–Crippen MR) is 63.0 cm³/mol. The van der Waals surface area contributed by atoms with E-state index in [9.17, 15) is 9.59 Å². The van der Waals surface area contributed by atoms with Crippen molar-refractivity contribution in [3.05, 3.63) is 24.3 Å². The van der Waals surface area contributed by atoms with Crippen LogP contribution in [0.15, 0.2) is 24.3 Å². The number of hydrogen-bond donors (Lipinski definition) is 0. The molecular formula is C12H14N2O3. The minimum Gasteiger partial charge on any atom is -0.497 e. The van der Waals surface area contributed by atoms with Crippen molar-refractivity contribution in [1.82, 2.24) is 4.90 Å². The zero-order chi connectivity index (χ0) is 12.4. The first-order valence-electron chi connectivity index (χ1n) is 5.34. The van der Waals surface area contributed by atoms with Gasteiger partial charge in [0.1, 0.15) is 5.75 Å². The van der Waals surface area contributed by atoms with Crippen LogP contribution < -0.4 is 9.64 Å². The molecule has 1 fully saturated rings. The van der Waals surface area contributed by atoms with Gasteiger partial charge in [-0.15, -0.1) is 0 Å². The number of amides is 2. The summed E-state index contributed by atoms with van der Waals surface area (Å²) in [4.78, 5) is 26.3. The molecule has 90 valence electrons. The third kappa shape index (κ3) is 2.08. The molecule has 1 heterocycles. The van der Waals surface area contributed by atoms with Gasteiger partial charge in [-0.3, -0.25) is 9.59 Å². The molecule has 0 atom stereocenters. The standard InChI is InChI=1S/C12H14N2O3/c1-13-7-8-14(12(16)11(13)15)9-3-5-10(17-2)6-4-9/h3-6H,7-8H2,1-2H3. The Morgan fingerprint density at radius 3 is 2.29 bits per heavy atom. The summed E-state index contributed by atoms with van der Waals surface area (Å²) in [6.45, 7) is 1.07. The Hall–Kier alpha value is -2.04. The number of ether oxygens (including phenoxy) is 1. The number of carbonyl (C=O) groups is 2. The smallest absolute Gasteiger partial charge is 0.316 e. The molecule has 1 aliphatic heterocycles. The zero-order valence-corrected chi connectivity index (χ0v) is 9.84. The van der Waals surface area contributed by atoms with Crippen LogP contribution in [0.3, 0.4) is 0 Å². The molecule has 0 saturated carbocycles. The maximum atomic E-state index is 11.8. The Balaban J connectivity index is 2.22. The molecule has 17 heavy (non-hydrogen) atoms. The van der Waals surface area contributed by atoms with E-state index < -0.39 is 11.8 Å². The molecule has 5 heteroatoms. The van der Waals surface area contributed by atoms with E-state index in [0.29, 0.717) is 13.1 Å². The van der Waals surface area contributed by atoms with Gasteiger partial charge in [-0.2, -0.15) is 0 Å². The van der Waals surface area contributed by atoms with Crippen LogP contribution in [0.5, 0.6) is 5.75 Å². The third-order valence-electron chi connectivity index (χ3n) is 2.82. The largest absolute Gasteiger partial charge is 0.497 e. The van der Waals surface area contributed by atoms with Gasteiger partial charge in [0.25, 0.3) is 0 Å². The number of benzene rings is 1. The minimum absolute atomic E-state index is 0.466. The summed E-state index contributed by atoms with van der Waals surface area (Å²) in [7, 11) is 3.21. The molecule has 2 amide bonds. The number of rotatable bonds is 2. The monoisotopic (exact) mass is 234 g/mol. The van der Waals surface area contributed by atoms with E-state index in [1.54, 1.807) is 38.4 Å². The maximum absolute atomic E-state index is 11.8. The van der Waals surface area contributed by atoms with Gasteiger partial charge in [0.15, 0.2) is 0 Å². The van der Waals surface area contributed by atoms with Crippen molar-refractivity contribution in [3.63, 3.8) is 0 Å². The highest BCUT2D eigenvalue weighted by Crippen LogP contribution is 2.21. The van der Waals surface area contributed by atoms with Crippen molar-refractivity contribution < 1.29 is 14.3 Å². The van der Waals surface area contributed by atoms with Crippen molar-refractivity contribution in [1.29, 1.82) is 0 Å². The van der Waals surface area contributed by atoms with E-state index in [2.05, 4.69) is 0 Å². The number of nitrogens with zero attached hydrogens (tertiary/aromatic N) is 2. The normalized spacial score (nSPS) is 16.4. The zero-order valence-electron chi connectivity index (χ0n) is 9.84. The van der Waals surface area contributed by atoms with Gasteiger partial charge >= 0.3 is 11.8 Å². The lowest BCUT2D eigenvalue weighted by Crippen LogP contribution is -2.52. The van der Waals surface area contributed by atoms with Crippen LogP contribution in [-0.2, 0) is 9.59 Å². The van der Waals surface area contributed by atoms with E-state index >= 15 is 0 Å². The Bertz CT molecular complexity index is 442. The van der Waals surface area contributed by atoms with Crippen LogP contribution in [0, 0.1) is 0 Å². The van der Waals surface area contributed by atoms with Crippen molar-refractivity contribution in [2.75, 3.05) is 32.1 Å². The first kappa shape index (κ1) is 11.4. The number of anilines is 1. The molecule has 0 aliphatic carbocycles. The highest BCUT2D eigenvalue weighted by atomic mass is 16.5. The van der Waals surface area contributed by atoms with Gasteiger partial charge in [0, 0.05) is 25.8 Å². The summed E-state index contributed by atoms with van der Waals surface area (Å²) in [6.07, 6.45) is 0. The van der Waals surface area contributed by atoms with Crippen LogP contribution in [0.4, 0.5) is 5.69 Å². The van der Waals surface area contributed by atoms with Crippen molar-refractivity contribution >= 4 is 17.5 Å². The highest BCUT2D eigenvalue weighted by Gasteiger charge is 2.30. The number of carbonyl (C=O) groups excluding carboxylic acids is 2. The molecule has 0 spiro atoms. The number of likely N-dealkylation sites (N-methyl/N-ethyl adjacent to an activating group) is 1. The highest BCUT2D eigenvalue weighted by molar-refractivity contribution is 6.40. The lowest BCUT2D eigenvalue weighted by atomic mass is 10.2. The van der Waals surface area contributed by atoms with Crippen LogP contribution in [-0.4, -0.2) is 44.0 Å². The summed E-state index contributed by atoms with van der Waals surface area (Å²) in [5.74, 6) is -0.224. The molecule has 5 nitrogen and oxygen atoms in total. The molecule has 1 aromatic rings. The fourth-order valence-electron chi connectivity index (χ4n) is 1.74. The van der Waals surface area contributed by atoms with E-state index in [1.807, 2.05) is 0 Å². The van der Waals surface area contributed by atoms with Crippen molar-refractivity contribution in [3.8, 4) is 5.75 Å². The van der Waals surface area contributed by atoms with Gasteiger partial charge in [-0.05, 0) is 24.3 Å². The van der Waals surface area contributed by atoms with Gasteiger partial charge in [0.2, 0.25) is 0 Å². The average molecular weight is 234 g/mol. The van der Waals surface area contributed by atoms with Gasteiger partial charge < -0.3 is 14.5 Å². The van der Waals surface area contributed by atoms with Crippen LogP contribution in [0.25, 0.3) is 0 Å². The lowest BCUT2D eigenvalue weighted by molar-refractivity contribution is -0.145. The quantitative estimate of drug-likeness (QED) is 0.700. The van der Waals surface area contributed by atoms with Gasteiger partial charge in [-0.25, -0.2) is 0 Å². The lowest BCUT2D eigenvalue weighted by Gasteiger charge is -2.31. The first-order chi connectivity index (χ1) is 8.13. The SMILES string of the molecule is COc1ccc(N2CCN(C)C(=O)C2=O)cc1. The molecule has 0 bridgehead atoms. The summed E-state index contributed by atoms with van der Waals surface area (Å²) in [5.41, 5.74) is 0.720. The van der Waals surface area contributed by atoms with Crippen LogP contribution in [0.1, 0.15) is 0 Å². The summed E-state index contributed by atoms with van der Waals surface area (Å²) >= 11 is 0. The molecule has 1 aliphatic rings. The summed E-state index contributed by atoms with van der Waals surface area (Å²) in [5, 5.41) is 0. The van der Waals surface area contributed by atoms with E-state index in [0.717, 1.165) is 11.4 Å². The molecule has 0 unspecified atom stereocenters. The number of piperazine rings is 1. The second-order valence-corrected chi connectivity index (χ2v) is 3.88. The fraction of sp³-hybridized carbons (Fsp3) is 0.333. The third-order valence-corrected chi connectivity index (χ3v) is 2.82. The average Bonchev–Trinajstić information content (AvgIpc) is 2.36. The van der Waals surface area contributed by atoms with Crippen molar-refractivity contribution in [2.24, 2.45) is 0 Å². The number of hydrogen-bond acceptors (Lipinski definition) is 3. The topological polar surface area (TPSA) is 49.9 Å². The summed E-state index contributed by atoms with van der Waals surface area (Å²) < 4.78 is 5.04. The van der Waals surface area contributed by atoms with E-state index in [4.69, 9.17) is 4.74 Å². The molecule has 0 aromatic heterocycles. The molecule has 2 rings (SSSR count). The second kappa shape index (κ2) is 4.45. The molecule has 1 aromatic carbocycles. The Morgan fingerprint density at radius 1 is 1.06 bits per heavy atom. The molecular weight excluding hydrogens is 220 g/mol. The van der Waals surface area contributed by atoms with Crippen LogP contribution in [0.2, 0.25) is 0 Å². The molecule has 0 N–H and O–H groups in total. The Kier molecular flexibility index (Phi) is 2.99. The first-order valence-corrected chi connectivity index (χ1v) is 5.34. The van der Waals surface area contributed by atoms with Gasteiger partial charge in [0.05, 0.1) is 7.11 Å². The van der Waals surface area contributed by atoms with Crippen LogP contribution >= 0.6 is 0 Å². The molecule has 0 radical (unpaired) electrons. The maximum Gasteiger partial charge on any atom is 0.316 e. The summed E-state index contributed by atoms with van der Waals surface area (Å²) in [6, 6.07) is 7.08. The molecule has 1 saturated heterocycles. The fourth-order valence-corrected chi connectivity index (χ4v) is 1.74. The number of methoxy groups -OCH3 is 1. The van der Waals surface area contributed by atoms with E-state index in [-0.39, 0.29) is 0 Å². The minimum atomic E-state index is -0.482. The Morgan fingerprint density at radius 2 is 1.71 bits per heavy atom. The van der Waals surface area contributed by atoms with Gasteiger partial charge in [-0.1, -0.05) is 0 Å². The van der Waals surface area contributed by atoms with E-state index in [1.165, 1.54) is 9.80 Å². The Labute approximate surface area is 99.6 Å². The predicted octanol–water partition coefficient (Wildman–Crippen LogP) is 0.500.